The first-order chi connectivity index (χ1) is 10.5. The summed E-state index contributed by atoms with van der Waals surface area (Å²) in [5, 5.41) is 11.4. The average molecular weight is 334 g/mol. The fraction of sp³-hybridized carbons (Fsp3) is 0.312. The largest absolute Gasteiger partial charge is 0.548 e. The van der Waals surface area contributed by atoms with Crippen molar-refractivity contribution in [3.05, 3.63) is 40.8 Å². The topological polar surface area (TPSA) is 60.4 Å². The first kappa shape index (κ1) is 16.7. The molecule has 4 nitrogen and oxygen atoms in total. The number of carbonyl (C=O) groups excluding carboxylic acids is 2. The molecular weight excluding hydrogens is 318 g/mol. The zero-order valence-electron chi connectivity index (χ0n) is 12.2. The number of aliphatic carboxylic acids is 1. The fourth-order valence-electron chi connectivity index (χ4n) is 2.20. The van der Waals surface area contributed by atoms with Crippen LogP contribution in [0.15, 0.2) is 35.2 Å². The first-order valence-electron chi connectivity index (χ1n) is 7.07. The molecule has 1 aromatic rings. The van der Waals surface area contributed by atoms with Gasteiger partial charge in [0.25, 0.3) is 5.91 Å². The molecule has 0 saturated carbocycles. The lowest BCUT2D eigenvalue weighted by Gasteiger charge is -2.27. The SMILES string of the molecule is CCCC[C@H](C(=O)[O-])N1C(=O)/C(=C/c2ccccc2)SC1=S. The van der Waals surface area contributed by atoms with Crippen molar-refractivity contribution in [1.29, 1.82) is 0 Å². The normalized spacial score (nSPS) is 18.0. The number of hydrogen-bond acceptors (Lipinski definition) is 5. The molecule has 0 aliphatic carbocycles. The van der Waals surface area contributed by atoms with Crippen molar-refractivity contribution in [3.8, 4) is 0 Å². The molecule has 0 N–H and O–H groups in total. The minimum atomic E-state index is -1.26. The molecule has 22 heavy (non-hydrogen) atoms. The van der Waals surface area contributed by atoms with Gasteiger partial charge >= 0.3 is 0 Å². The summed E-state index contributed by atoms with van der Waals surface area (Å²) in [5.41, 5.74) is 0.876. The molecule has 1 heterocycles. The van der Waals surface area contributed by atoms with Gasteiger partial charge in [0.1, 0.15) is 4.32 Å². The molecule has 0 spiro atoms. The van der Waals surface area contributed by atoms with Crippen LogP contribution < -0.4 is 5.11 Å². The highest BCUT2D eigenvalue weighted by Gasteiger charge is 2.37. The van der Waals surface area contributed by atoms with Crippen molar-refractivity contribution in [2.45, 2.75) is 32.2 Å². The number of nitrogens with zero attached hydrogens (tertiary/aromatic N) is 1. The van der Waals surface area contributed by atoms with Crippen LogP contribution in [0.1, 0.15) is 31.7 Å². The van der Waals surface area contributed by atoms with E-state index < -0.39 is 12.0 Å². The Kier molecular flexibility index (Phi) is 5.74. The molecule has 2 rings (SSSR count). The van der Waals surface area contributed by atoms with Crippen molar-refractivity contribution in [2.24, 2.45) is 0 Å². The molecule has 0 radical (unpaired) electrons. The van der Waals surface area contributed by atoms with E-state index in [9.17, 15) is 14.7 Å². The van der Waals surface area contributed by atoms with E-state index in [1.54, 1.807) is 6.08 Å². The van der Waals surface area contributed by atoms with Gasteiger partial charge in [0.15, 0.2) is 0 Å². The van der Waals surface area contributed by atoms with Crippen LogP contribution in [0, 0.1) is 0 Å². The summed E-state index contributed by atoms with van der Waals surface area (Å²) in [5.74, 6) is -1.62. The smallest absolute Gasteiger partial charge is 0.266 e. The van der Waals surface area contributed by atoms with Crippen LogP contribution in [0.5, 0.6) is 0 Å². The summed E-state index contributed by atoms with van der Waals surface area (Å²) in [6.45, 7) is 1.96. The van der Waals surface area contributed by atoms with Gasteiger partial charge in [-0.25, -0.2) is 0 Å². The summed E-state index contributed by atoms with van der Waals surface area (Å²) in [6.07, 6.45) is 3.63. The maximum atomic E-state index is 12.5. The Hall–Kier alpha value is -1.66. The Bertz CT molecular complexity index is 613. The zero-order chi connectivity index (χ0) is 16.1. The monoisotopic (exact) mass is 334 g/mol. The first-order valence-corrected chi connectivity index (χ1v) is 8.30. The predicted octanol–water partition coefficient (Wildman–Crippen LogP) is 2.20. The second-order valence-corrected chi connectivity index (χ2v) is 6.62. The maximum Gasteiger partial charge on any atom is 0.266 e. The molecule has 1 aliphatic rings. The van der Waals surface area contributed by atoms with E-state index in [0.717, 1.165) is 23.7 Å². The standard InChI is InChI=1S/C16H17NO3S2/c1-2-3-9-12(15(19)20)17-14(18)13(22-16(17)21)10-11-7-5-4-6-8-11/h4-8,10,12H,2-3,9H2,1H3,(H,19,20)/p-1/b13-10-/t12-/m1/s1. The van der Waals surface area contributed by atoms with E-state index in [-0.39, 0.29) is 10.2 Å². The number of rotatable bonds is 6. The minimum absolute atomic E-state index is 0.275. The van der Waals surface area contributed by atoms with Gasteiger partial charge < -0.3 is 9.90 Å². The van der Waals surface area contributed by atoms with Crippen LogP contribution in [0.2, 0.25) is 0 Å². The van der Waals surface area contributed by atoms with E-state index in [1.165, 1.54) is 4.90 Å². The molecule has 1 saturated heterocycles. The third-order valence-corrected chi connectivity index (χ3v) is 4.67. The molecule has 1 fully saturated rings. The van der Waals surface area contributed by atoms with Gasteiger partial charge in [-0.15, -0.1) is 0 Å². The molecule has 1 amide bonds. The van der Waals surface area contributed by atoms with Crippen molar-refractivity contribution in [3.63, 3.8) is 0 Å². The number of carbonyl (C=O) groups is 2. The molecule has 1 aliphatic heterocycles. The Morgan fingerprint density at radius 1 is 1.41 bits per heavy atom. The quantitative estimate of drug-likeness (QED) is 0.589. The van der Waals surface area contributed by atoms with E-state index in [4.69, 9.17) is 12.2 Å². The molecule has 116 valence electrons. The fourth-order valence-corrected chi connectivity index (χ4v) is 3.56. The molecular formula is C16H16NO3S2-. The third-order valence-electron chi connectivity index (χ3n) is 3.34. The van der Waals surface area contributed by atoms with Crippen molar-refractivity contribution >= 4 is 46.3 Å². The van der Waals surface area contributed by atoms with Gasteiger partial charge in [0.05, 0.1) is 16.9 Å². The third kappa shape index (κ3) is 3.75. The van der Waals surface area contributed by atoms with Crippen LogP contribution in [-0.2, 0) is 9.59 Å². The van der Waals surface area contributed by atoms with Gasteiger partial charge in [-0.3, -0.25) is 9.69 Å². The van der Waals surface area contributed by atoms with Crippen LogP contribution in [-0.4, -0.2) is 27.1 Å². The lowest BCUT2D eigenvalue weighted by molar-refractivity contribution is -0.310. The number of carboxylic acid groups (broad SMARTS) is 1. The molecule has 0 bridgehead atoms. The summed E-state index contributed by atoms with van der Waals surface area (Å²) < 4.78 is 0.275. The zero-order valence-corrected chi connectivity index (χ0v) is 13.8. The second kappa shape index (κ2) is 7.56. The van der Waals surface area contributed by atoms with E-state index in [2.05, 4.69) is 0 Å². The van der Waals surface area contributed by atoms with Gasteiger partial charge in [-0.05, 0) is 18.1 Å². The van der Waals surface area contributed by atoms with Gasteiger partial charge in [0, 0.05) is 0 Å². The van der Waals surface area contributed by atoms with Crippen molar-refractivity contribution in [1.82, 2.24) is 4.90 Å². The number of carboxylic acids is 1. The van der Waals surface area contributed by atoms with Crippen molar-refractivity contribution < 1.29 is 14.7 Å². The van der Waals surface area contributed by atoms with E-state index in [0.29, 0.717) is 17.7 Å². The average Bonchev–Trinajstić information content (AvgIpc) is 2.76. The van der Waals surface area contributed by atoms with Gasteiger partial charge in [0.2, 0.25) is 0 Å². The molecule has 1 aromatic carbocycles. The highest BCUT2D eigenvalue weighted by atomic mass is 32.2. The Morgan fingerprint density at radius 2 is 2.09 bits per heavy atom. The Balaban J connectivity index is 2.24. The lowest BCUT2D eigenvalue weighted by atomic mass is 10.1. The van der Waals surface area contributed by atoms with Crippen LogP contribution in [0.25, 0.3) is 6.08 Å². The number of amides is 1. The van der Waals surface area contributed by atoms with Gasteiger partial charge in [-0.1, -0.05) is 74.1 Å². The highest BCUT2D eigenvalue weighted by molar-refractivity contribution is 8.26. The highest BCUT2D eigenvalue weighted by Crippen LogP contribution is 2.34. The van der Waals surface area contributed by atoms with E-state index >= 15 is 0 Å². The summed E-state index contributed by atoms with van der Waals surface area (Å²) >= 11 is 6.33. The molecule has 6 heteroatoms. The summed E-state index contributed by atoms with van der Waals surface area (Å²) in [7, 11) is 0. The summed E-state index contributed by atoms with van der Waals surface area (Å²) in [4.78, 5) is 25.5. The number of thioether (sulfide) groups is 1. The van der Waals surface area contributed by atoms with Crippen LogP contribution >= 0.6 is 24.0 Å². The Morgan fingerprint density at radius 3 is 2.68 bits per heavy atom. The number of unbranched alkanes of at least 4 members (excludes halogenated alkanes) is 1. The molecule has 1 atom stereocenters. The van der Waals surface area contributed by atoms with Crippen LogP contribution in [0.4, 0.5) is 0 Å². The maximum absolute atomic E-state index is 12.5. The summed E-state index contributed by atoms with van der Waals surface area (Å²) in [6, 6.07) is 8.39. The predicted molar refractivity (Wildman–Crippen MR) is 89.8 cm³/mol. The van der Waals surface area contributed by atoms with Crippen LogP contribution in [0.3, 0.4) is 0 Å². The van der Waals surface area contributed by atoms with Gasteiger partial charge in [-0.2, -0.15) is 0 Å². The Labute approximate surface area is 139 Å². The molecule has 0 aromatic heterocycles. The second-order valence-electron chi connectivity index (χ2n) is 4.94. The lowest BCUT2D eigenvalue weighted by Crippen LogP contribution is -2.49. The minimum Gasteiger partial charge on any atom is -0.548 e. The van der Waals surface area contributed by atoms with E-state index in [1.807, 2.05) is 37.3 Å². The number of hydrogen-bond donors (Lipinski definition) is 0. The number of thiocarbonyl (C=S) groups is 1. The van der Waals surface area contributed by atoms with Crippen molar-refractivity contribution in [2.75, 3.05) is 0 Å². The molecule has 0 unspecified atom stereocenters. The number of benzene rings is 1.